The molecule has 0 saturated carbocycles. The molecule has 1 heterocycles. The third-order valence-electron chi connectivity index (χ3n) is 5.72. The van der Waals surface area contributed by atoms with Gasteiger partial charge in [-0.25, -0.2) is 0 Å². The second kappa shape index (κ2) is 14.0. The molecule has 2 aromatic carbocycles. The van der Waals surface area contributed by atoms with Crippen LogP contribution >= 0.6 is 24.0 Å². The Morgan fingerprint density at radius 3 is 2.52 bits per heavy atom. The van der Waals surface area contributed by atoms with E-state index in [1.165, 1.54) is 17.7 Å². The molecule has 3 rings (SSSR count). The summed E-state index contributed by atoms with van der Waals surface area (Å²) >= 11 is 0. The van der Waals surface area contributed by atoms with Gasteiger partial charge in [0.05, 0.1) is 6.54 Å². The minimum absolute atomic E-state index is 0. The monoisotopic (exact) mass is 565 g/mol. The Hall–Kier alpha value is -2.33. The lowest BCUT2D eigenvalue weighted by Crippen LogP contribution is -2.51. The van der Waals surface area contributed by atoms with Crippen LogP contribution < -0.4 is 16.0 Å². The molecule has 0 spiro atoms. The van der Waals surface area contributed by atoms with Crippen LogP contribution in [0.2, 0.25) is 0 Å². The molecule has 0 radical (unpaired) electrons. The van der Waals surface area contributed by atoms with E-state index < -0.39 is 0 Å². The molecular weight excluding hydrogens is 529 g/mol. The van der Waals surface area contributed by atoms with Gasteiger partial charge in [0.15, 0.2) is 5.96 Å². The Kier molecular flexibility index (Phi) is 11.5. The van der Waals surface area contributed by atoms with E-state index in [0.717, 1.165) is 38.4 Å². The van der Waals surface area contributed by atoms with Gasteiger partial charge < -0.3 is 21.1 Å². The third kappa shape index (κ3) is 8.85. The number of carbonyl (C=O) groups is 1. The number of hydrogen-bond acceptors (Lipinski definition) is 4. The summed E-state index contributed by atoms with van der Waals surface area (Å²) in [7, 11) is 0. The molecule has 0 aliphatic carbocycles. The van der Waals surface area contributed by atoms with E-state index in [9.17, 15) is 9.90 Å². The molecule has 0 bridgehead atoms. The van der Waals surface area contributed by atoms with Crippen molar-refractivity contribution in [1.82, 2.24) is 20.9 Å². The van der Waals surface area contributed by atoms with Gasteiger partial charge in [-0.05, 0) is 56.5 Å². The van der Waals surface area contributed by atoms with Crippen LogP contribution in [-0.4, -0.2) is 60.1 Å². The van der Waals surface area contributed by atoms with Crippen molar-refractivity contribution in [3.8, 4) is 5.75 Å². The summed E-state index contributed by atoms with van der Waals surface area (Å²) in [5, 5.41) is 19.1. The van der Waals surface area contributed by atoms with Gasteiger partial charge >= 0.3 is 0 Å². The number of piperidine rings is 1. The minimum atomic E-state index is -0.169. The van der Waals surface area contributed by atoms with Crippen LogP contribution in [0.5, 0.6) is 5.75 Å². The Morgan fingerprint density at radius 2 is 1.85 bits per heavy atom. The molecule has 180 valence electrons. The third-order valence-corrected chi connectivity index (χ3v) is 5.72. The standard InChI is InChI=1S/C25H35N5O2.HI/c1-3-26-25(28-15-14-27-24(32)21-9-11-23(31)12-10-21)29-22-13-16-30(19(2)17-22)18-20-7-5-4-6-8-20;/h4-12,19,22,31H,3,13-18H2,1-2H3,(H,27,32)(H2,26,28,29);1H. The molecular formula is C25H36IN5O2. The lowest BCUT2D eigenvalue weighted by atomic mass is 9.97. The van der Waals surface area contributed by atoms with Crippen molar-refractivity contribution in [2.45, 2.75) is 45.3 Å². The van der Waals surface area contributed by atoms with E-state index in [1.54, 1.807) is 12.1 Å². The number of amides is 1. The average Bonchev–Trinajstić information content (AvgIpc) is 2.79. The summed E-state index contributed by atoms with van der Waals surface area (Å²) < 4.78 is 0. The molecule has 1 amide bonds. The summed E-state index contributed by atoms with van der Waals surface area (Å²) in [5.74, 6) is 0.769. The summed E-state index contributed by atoms with van der Waals surface area (Å²) in [5.41, 5.74) is 1.88. The predicted octanol–water partition coefficient (Wildman–Crippen LogP) is 3.35. The molecule has 7 nitrogen and oxygen atoms in total. The molecule has 8 heteroatoms. The molecule has 33 heavy (non-hydrogen) atoms. The second-order valence-electron chi connectivity index (χ2n) is 8.23. The highest BCUT2D eigenvalue weighted by atomic mass is 127. The topological polar surface area (TPSA) is 89.0 Å². The van der Waals surface area contributed by atoms with Crippen molar-refractivity contribution in [3.63, 3.8) is 0 Å². The molecule has 1 aliphatic rings. The Morgan fingerprint density at radius 1 is 1.12 bits per heavy atom. The van der Waals surface area contributed by atoms with E-state index in [0.29, 0.717) is 30.7 Å². The van der Waals surface area contributed by atoms with E-state index >= 15 is 0 Å². The van der Waals surface area contributed by atoms with Crippen LogP contribution in [-0.2, 0) is 6.54 Å². The van der Waals surface area contributed by atoms with Crippen LogP contribution in [0.3, 0.4) is 0 Å². The highest BCUT2D eigenvalue weighted by Gasteiger charge is 2.25. The van der Waals surface area contributed by atoms with Crippen molar-refractivity contribution < 1.29 is 9.90 Å². The molecule has 4 N–H and O–H groups in total. The largest absolute Gasteiger partial charge is 0.508 e. The number of aromatic hydroxyl groups is 1. The zero-order valence-electron chi connectivity index (χ0n) is 19.5. The van der Waals surface area contributed by atoms with E-state index in [2.05, 4.69) is 70.0 Å². The number of hydrogen-bond donors (Lipinski definition) is 4. The molecule has 1 fully saturated rings. The number of phenolic OH excluding ortho intramolecular Hbond substituents is 1. The first kappa shape index (κ1) is 26.9. The van der Waals surface area contributed by atoms with Gasteiger partial charge in [0.2, 0.25) is 0 Å². The predicted molar refractivity (Wildman–Crippen MR) is 144 cm³/mol. The van der Waals surface area contributed by atoms with Crippen molar-refractivity contribution in [2.75, 3.05) is 26.2 Å². The molecule has 1 saturated heterocycles. The Balaban J connectivity index is 0.00000385. The maximum absolute atomic E-state index is 12.2. The minimum Gasteiger partial charge on any atom is -0.508 e. The van der Waals surface area contributed by atoms with Crippen LogP contribution in [0.1, 0.15) is 42.6 Å². The van der Waals surface area contributed by atoms with E-state index in [4.69, 9.17) is 0 Å². The highest BCUT2D eigenvalue weighted by Crippen LogP contribution is 2.20. The van der Waals surface area contributed by atoms with Crippen molar-refractivity contribution in [1.29, 1.82) is 0 Å². The quantitative estimate of drug-likeness (QED) is 0.171. The summed E-state index contributed by atoms with van der Waals surface area (Å²) in [6.45, 7) is 8.10. The average molecular weight is 566 g/mol. The van der Waals surface area contributed by atoms with Gasteiger partial charge in [-0.15, -0.1) is 24.0 Å². The van der Waals surface area contributed by atoms with Crippen molar-refractivity contribution in [2.24, 2.45) is 4.99 Å². The maximum atomic E-state index is 12.2. The maximum Gasteiger partial charge on any atom is 0.251 e. The number of phenols is 1. The zero-order chi connectivity index (χ0) is 22.8. The van der Waals surface area contributed by atoms with Crippen LogP contribution in [0.15, 0.2) is 59.6 Å². The van der Waals surface area contributed by atoms with Crippen LogP contribution in [0, 0.1) is 0 Å². The fourth-order valence-electron chi connectivity index (χ4n) is 3.97. The van der Waals surface area contributed by atoms with Gasteiger partial charge in [0.25, 0.3) is 5.91 Å². The van der Waals surface area contributed by atoms with Crippen LogP contribution in [0.4, 0.5) is 0 Å². The van der Waals surface area contributed by atoms with Crippen molar-refractivity contribution >= 4 is 35.8 Å². The van der Waals surface area contributed by atoms with Gasteiger partial charge in [0, 0.05) is 43.8 Å². The number of nitrogens with one attached hydrogen (secondary N) is 3. The van der Waals surface area contributed by atoms with Crippen molar-refractivity contribution in [3.05, 3.63) is 65.7 Å². The molecule has 1 aliphatic heterocycles. The first-order valence-electron chi connectivity index (χ1n) is 11.4. The summed E-state index contributed by atoms with van der Waals surface area (Å²) in [6, 6.07) is 17.7. The number of likely N-dealkylation sites (tertiary alicyclic amines) is 1. The first-order valence-corrected chi connectivity index (χ1v) is 11.4. The second-order valence-corrected chi connectivity index (χ2v) is 8.23. The van der Waals surface area contributed by atoms with Gasteiger partial charge in [-0.1, -0.05) is 30.3 Å². The molecule has 2 aromatic rings. The smallest absolute Gasteiger partial charge is 0.251 e. The number of carbonyl (C=O) groups excluding carboxylic acids is 1. The van der Waals surface area contributed by atoms with Gasteiger partial charge in [-0.3, -0.25) is 14.7 Å². The normalized spacial score (nSPS) is 18.8. The number of nitrogens with zero attached hydrogens (tertiary/aromatic N) is 2. The lowest BCUT2D eigenvalue weighted by Gasteiger charge is -2.38. The fourth-order valence-corrected chi connectivity index (χ4v) is 3.97. The lowest BCUT2D eigenvalue weighted by molar-refractivity contribution is 0.0954. The molecule has 0 aromatic heterocycles. The fraction of sp³-hybridized carbons (Fsp3) is 0.440. The Labute approximate surface area is 214 Å². The SMILES string of the molecule is CCNC(=NCCNC(=O)c1ccc(O)cc1)NC1CCN(Cc2ccccc2)C(C)C1.I. The van der Waals surface area contributed by atoms with Crippen LogP contribution in [0.25, 0.3) is 0 Å². The van der Waals surface area contributed by atoms with E-state index in [-0.39, 0.29) is 35.6 Å². The number of aliphatic imine (C=N–C) groups is 1. The first-order chi connectivity index (χ1) is 15.5. The Bertz CT molecular complexity index is 876. The van der Waals surface area contributed by atoms with E-state index in [1.807, 2.05) is 0 Å². The van der Waals surface area contributed by atoms with Gasteiger partial charge in [0.1, 0.15) is 5.75 Å². The van der Waals surface area contributed by atoms with Gasteiger partial charge in [-0.2, -0.15) is 0 Å². The number of guanidine groups is 1. The number of benzene rings is 2. The molecule has 2 unspecified atom stereocenters. The summed E-state index contributed by atoms with van der Waals surface area (Å²) in [6.07, 6.45) is 2.13. The summed E-state index contributed by atoms with van der Waals surface area (Å²) in [4.78, 5) is 19.3. The molecule has 2 atom stereocenters. The highest BCUT2D eigenvalue weighted by molar-refractivity contribution is 14.0. The number of halogens is 1. The zero-order valence-corrected chi connectivity index (χ0v) is 21.8. The number of rotatable bonds is 8.